The number of esters is 1. The van der Waals surface area contributed by atoms with E-state index >= 15 is 0 Å². The molecule has 5 rings (SSSR count). The van der Waals surface area contributed by atoms with Gasteiger partial charge >= 0.3 is 16.2 Å². The molecule has 1 aromatic heterocycles. The van der Waals surface area contributed by atoms with Gasteiger partial charge in [-0.2, -0.15) is 8.42 Å². The molecule has 3 aromatic rings. The van der Waals surface area contributed by atoms with Crippen molar-refractivity contribution in [1.29, 1.82) is 0 Å². The van der Waals surface area contributed by atoms with Crippen LogP contribution in [-0.4, -0.2) is 46.1 Å². The first-order valence-electron chi connectivity index (χ1n) is 13.3. The first-order valence-corrected chi connectivity index (χ1v) is 14.8. The van der Waals surface area contributed by atoms with Gasteiger partial charge in [0.2, 0.25) is 0 Å². The van der Waals surface area contributed by atoms with Gasteiger partial charge in [-0.25, -0.2) is 9.44 Å². The first-order chi connectivity index (χ1) is 18.6. The SMILES string of the molecule is CNS(=O)(=O)NC(=O)c1ccc2c(C3CCCCC3)c3n(c2c1)CC(C)(C(=O)OC)Cc1cc(OC)ccc1-3. The lowest BCUT2D eigenvalue weighted by Crippen LogP contribution is -2.38. The number of methoxy groups -OCH3 is 2. The second kappa shape index (κ2) is 10.3. The van der Waals surface area contributed by atoms with Gasteiger partial charge in [-0.3, -0.25) is 9.59 Å². The largest absolute Gasteiger partial charge is 0.497 e. The number of nitrogens with zero attached hydrogens (tertiary/aromatic N) is 1. The Balaban J connectivity index is 1.80. The Bertz CT molecular complexity index is 1550. The van der Waals surface area contributed by atoms with Gasteiger partial charge in [-0.05, 0) is 73.6 Å². The van der Waals surface area contributed by atoms with E-state index in [4.69, 9.17) is 9.47 Å². The van der Waals surface area contributed by atoms with Crippen LogP contribution >= 0.6 is 0 Å². The number of carbonyl (C=O) groups excluding carboxylic acids is 2. The summed E-state index contributed by atoms with van der Waals surface area (Å²) in [7, 11) is 0.303. The van der Waals surface area contributed by atoms with E-state index < -0.39 is 21.5 Å². The Hall–Kier alpha value is -3.37. The van der Waals surface area contributed by atoms with Crippen LogP contribution in [-0.2, 0) is 32.7 Å². The van der Waals surface area contributed by atoms with Crippen molar-refractivity contribution in [2.75, 3.05) is 21.3 Å². The summed E-state index contributed by atoms with van der Waals surface area (Å²) in [5.74, 6) is 0.00317. The highest BCUT2D eigenvalue weighted by molar-refractivity contribution is 7.88. The molecule has 1 saturated carbocycles. The lowest BCUT2D eigenvalue weighted by molar-refractivity contribution is -0.152. The summed E-state index contributed by atoms with van der Waals surface area (Å²) in [6, 6.07) is 11.3. The summed E-state index contributed by atoms with van der Waals surface area (Å²) < 4.78 is 41.1. The van der Waals surface area contributed by atoms with Gasteiger partial charge in [-0.15, -0.1) is 0 Å². The number of amides is 1. The van der Waals surface area contributed by atoms with Gasteiger partial charge in [0.05, 0.1) is 25.3 Å². The molecule has 0 bridgehead atoms. The standard InChI is InChI=1S/C29H35N3O6S/c1-29(28(34)38-4)16-20-14-21(37-3)11-13-22(20)26-25(18-8-6-5-7-9-18)23-12-10-19(15-24(23)32(26)17-29)27(33)31-39(35,36)30-2/h10-15,18,30H,5-9,16-17H2,1-4H3,(H,31,33). The van der Waals surface area contributed by atoms with Crippen LogP contribution in [0.4, 0.5) is 0 Å². The number of aromatic nitrogens is 1. The van der Waals surface area contributed by atoms with Crippen molar-refractivity contribution in [1.82, 2.24) is 14.0 Å². The smallest absolute Gasteiger partial charge is 0.313 e. The minimum Gasteiger partial charge on any atom is -0.497 e. The van der Waals surface area contributed by atoms with Gasteiger partial charge in [-0.1, -0.05) is 25.3 Å². The average molecular weight is 554 g/mol. The number of fused-ring (bicyclic) bond motifs is 5. The maximum Gasteiger partial charge on any atom is 0.313 e. The summed E-state index contributed by atoms with van der Waals surface area (Å²) in [5, 5.41) is 1.01. The number of nitrogens with one attached hydrogen (secondary N) is 2. The van der Waals surface area contributed by atoms with Gasteiger partial charge in [0.15, 0.2) is 0 Å². The minimum atomic E-state index is -3.96. The summed E-state index contributed by atoms with van der Waals surface area (Å²) in [4.78, 5) is 26.2. The molecule has 1 amide bonds. The number of benzene rings is 2. The third kappa shape index (κ3) is 4.91. The van der Waals surface area contributed by atoms with E-state index in [-0.39, 0.29) is 11.5 Å². The van der Waals surface area contributed by atoms with Crippen molar-refractivity contribution >= 4 is 33.0 Å². The van der Waals surface area contributed by atoms with Gasteiger partial charge in [0.1, 0.15) is 5.75 Å². The molecule has 2 N–H and O–H groups in total. The third-order valence-electron chi connectivity index (χ3n) is 8.21. The van der Waals surface area contributed by atoms with E-state index in [2.05, 4.69) is 15.4 Å². The van der Waals surface area contributed by atoms with Crippen LogP contribution in [0.5, 0.6) is 5.75 Å². The number of carbonyl (C=O) groups is 2. The van der Waals surface area contributed by atoms with Crippen molar-refractivity contribution in [2.24, 2.45) is 5.41 Å². The molecule has 0 radical (unpaired) electrons. The van der Waals surface area contributed by atoms with Crippen LogP contribution in [0.2, 0.25) is 0 Å². The number of hydrogen-bond donors (Lipinski definition) is 2. The van der Waals surface area contributed by atoms with Gasteiger partial charge in [0, 0.05) is 35.6 Å². The lowest BCUT2D eigenvalue weighted by atomic mass is 9.80. The van der Waals surface area contributed by atoms with Gasteiger partial charge < -0.3 is 14.0 Å². The molecule has 0 saturated heterocycles. The van der Waals surface area contributed by atoms with Crippen molar-refractivity contribution in [2.45, 2.75) is 57.9 Å². The Morgan fingerprint density at radius 1 is 1.05 bits per heavy atom. The molecule has 1 atom stereocenters. The van der Waals surface area contributed by atoms with E-state index in [1.54, 1.807) is 19.2 Å². The Morgan fingerprint density at radius 2 is 1.79 bits per heavy atom. The Labute approximate surface area is 229 Å². The van der Waals surface area contributed by atoms with E-state index in [1.807, 2.05) is 29.8 Å². The number of hydrogen-bond acceptors (Lipinski definition) is 6. The molecule has 0 spiro atoms. The summed E-state index contributed by atoms with van der Waals surface area (Å²) in [6.45, 7) is 2.24. The van der Waals surface area contributed by atoms with Crippen LogP contribution in [0.1, 0.15) is 66.4 Å². The lowest BCUT2D eigenvalue weighted by Gasteiger charge is -2.26. The normalized spacial score (nSPS) is 19.6. The van der Waals surface area contributed by atoms with Crippen molar-refractivity contribution in [3.63, 3.8) is 0 Å². The predicted molar refractivity (Wildman–Crippen MR) is 149 cm³/mol. The first kappa shape index (κ1) is 27.2. The second-order valence-electron chi connectivity index (χ2n) is 10.8. The molecule has 9 nitrogen and oxygen atoms in total. The number of ether oxygens (including phenoxy) is 2. The molecule has 1 fully saturated rings. The zero-order chi connectivity index (χ0) is 27.9. The highest BCUT2D eigenvalue weighted by Crippen LogP contribution is 2.49. The summed E-state index contributed by atoms with van der Waals surface area (Å²) in [5.41, 5.74) is 4.42. The monoisotopic (exact) mass is 553 g/mol. The van der Waals surface area contributed by atoms with Crippen LogP contribution in [0, 0.1) is 5.41 Å². The van der Waals surface area contributed by atoms with Crippen LogP contribution < -0.4 is 14.2 Å². The fourth-order valence-corrected chi connectivity index (χ4v) is 6.76. The summed E-state index contributed by atoms with van der Waals surface area (Å²) >= 11 is 0. The van der Waals surface area contributed by atoms with E-state index in [0.29, 0.717) is 18.9 Å². The molecule has 1 aliphatic heterocycles. The molecule has 2 aliphatic rings. The molecule has 208 valence electrons. The maximum atomic E-state index is 13.2. The topological polar surface area (TPSA) is 116 Å². The Kier molecular flexibility index (Phi) is 7.19. The van der Waals surface area contributed by atoms with Crippen molar-refractivity contribution in [3.05, 3.63) is 53.1 Å². The zero-order valence-corrected chi connectivity index (χ0v) is 23.6. The second-order valence-corrected chi connectivity index (χ2v) is 12.4. The van der Waals surface area contributed by atoms with Crippen molar-refractivity contribution in [3.8, 4) is 17.0 Å². The van der Waals surface area contributed by atoms with Crippen LogP contribution in [0.3, 0.4) is 0 Å². The highest BCUT2D eigenvalue weighted by Gasteiger charge is 2.41. The highest BCUT2D eigenvalue weighted by atomic mass is 32.2. The van der Waals surface area contributed by atoms with E-state index in [0.717, 1.165) is 59.2 Å². The molecule has 1 unspecified atom stereocenters. The quantitative estimate of drug-likeness (QED) is 0.440. The average Bonchev–Trinajstić information content (AvgIpc) is 3.17. The molecule has 1 aliphatic carbocycles. The molecule has 39 heavy (non-hydrogen) atoms. The van der Waals surface area contributed by atoms with Crippen LogP contribution in [0.25, 0.3) is 22.2 Å². The minimum absolute atomic E-state index is 0.218. The van der Waals surface area contributed by atoms with E-state index in [9.17, 15) is 18.0 Å². The summed E-state index contributed by atoms with van der Waals surface area (Å²) in [6.07, 6.45) is 6.09. The zero-order valence-electron chi connectivity index (χ0n) is 22.8. The molecular formula is C29H35N3O6S. The molecule has 2 heterocycles. The molecule has 10 heteroatoms. The maximum absolute atomic E-state index is 13.2. The molecule has 2 aromatic carbocycles. The van der Waals surface area contributed by atoms with Crippen molar-refractivity contribution < 1.29 is 27.5 Å². The van der Waals surface area contributed by atoms with E-state index in [1.165, 1.54) is 26.1 Å². The fourth-order valence-electron chi connectivity index (χ4n) is 6.29. The predicted octanol–water partition coefficient (Wildman–Crippen LogP) is 4.29. The number of rotatable bonds is 6. The fraction of sp³-hybridized carbons (Fsp3) is 0.448. The third-order valence-corrected chi connectivity index (χ3v) is 9.20. The molecular weight excluding hydrogens is 518 g/mol. The Morgan fingerprint density at radius 3 is 2.46 bits per heavy atom. The van der Waals surface area contributed by atoms with Crippen LogP contribution in [0.15, 0.2) is 36.4 Å². The van der Waals surface area contributed by atoms with Gasteiger partial charge in [0.25, 0.3) is 5.91 Å².